The number of amides is 1. The quantitative estimate of drug-likeness (QED) is 0.834. The first-order chi connectivity index (χ1) is 11.4. The van der Waals surface area contributed by atoms with Gasteiger partial charge in [-0.25, -0.2) is 13.4 Å². The maximum atomic E-state index is 12.4. The Hall–Kier alpha value is -1.43. The molecule has 0 radical (unpaired) electrons. The molecule has 1 aliphatic rings. The highest BCUT2D eigenvalue weighted by molar-refractivity contribution is 7.88. The van der Waals surface area contributed by atoms with Gasteiger partial charge in [0.25, 0.3) is 5.91 Å². The molecule has 11 heteroatoms. The molecule has 0 fully saturated rings. The van der Waals surface area contributed by atoms with Gasteiger partial charge >= 0.3 is 0 Å². The second kappa shape index (κ2) is 6.82. The summed E-state index contributed by atoms with van der Waals surface area (Å²) in [6.07, 6.45) is 3.35. The van der Waals surface area contributed by atoms with Crippen LogP contribution in [0.1, 0.15) is 39.3 Å². The van der Waals surface area contributed by atoms with Crippen LogP contribution in [-0.4, -0.2) is 46.0 Å². The molecule has 0 saturated heterocycles. The molecular weight excluding hydrogens is 370 g/mol. The van der Waals surface area contributed by atoms with E-state index in [1.54, 1.807) is 0 Å². The first-order valence-electron chi connectivity index (χ1n) is 7.44. The molecular formula is C13H17N5O3S3. The standard InChI is InChI=1S/C13H17N5O3S3/c1-3-4-9-11(23-17-16-9)12(19)15-13-14-8-5-6-18(24(2,20)21)7-10(8)22-13/h3-7H2,1-2H3,(H,14,15,19). The normalized spacial score (nSPS) is 15.2. The minimum atomic E-state index is -3.22. The van der Waals surface area contributed by atoms with Gasteiger partial charge in [0.1, 0.15) is 4.88 Å². The monoisotopic (exact) mass is 387 g/mol. The van der Waals surface area contributed by atoms with Gasteiger partial charge in [-0.1, -0.05) is 17.8 Å². The molecule has 0 spiro atoms. The number of hydrogen-bond donors (Lipinski definition) is 1. The molecule has 1 aliphatic heterocycles. The number of thiazole rings is 1. The number of hydrogen-bond acceptors (Lipinski definition) is 8. The van der Waals surface area contributed by atoms with Crippen molar-refractivity contribution in [3.8, 4) is 0 Å². The highest BCUT2D eigenvalue weighted by Crippen LogP contribution is 2.29. The molecule has 2 aromatic rings. The smallest absolute Gasteiger partial charge is 0.271 e. The van der Waals surface area contributed by atoms with Crippen LogP contribution in [0.2, 0.25) is 0 Å². The Balaban J connectivity index is 1.75. The molecule has 3 rings (SSSR count). The molecule has 3 heterocycles. The molecule has 130 valence electrons. The van der Waals surface area contributed by atoms with Crippen molar-refractivity contribution in [2.75, 3.05) is 18.1 Å². The molecule has 0 atom stereocenters. The molecule has 1 amide bonds. The van der Waals surface area contributed by atoms with Gasteiger partial charge in [0.15, 0.2) is 5.13 Å². The number of rotatable bonds is 5. The van der Waals surface area contributed by atoms with Gasteiger partial charge in [-0.3, -0.25) is 10.1 Å². The van der Waals surface area contributed by atoms with Gasteiger partial charge in [0.2, 0.25) is 10.0 Å². The second-order valence-corrected chi connectivity index (χ2v) is 9.31. The summed E-state index contributed by atoms with van der Waals surface area (Å²) < 4.78 is 28.6. The third-order valence-corrected chi connectivity index (χ3v) is 6.65. The summed E-state index contributed by atoms with van der Waals surface area (Å²) in [4.78, 5) is 18.2. The van der Waals surface area contributed by atoms with Crippen molar-refractivity contribution in [1.82, 2.24) is 18.9 Å². The molecule has 8 nitrogen and oxygen atoms in total. The maximum absolute atomic E-state index is 12.4. The van der Waals surface area contributed by atoms with Crippen molar-refractivity contribution in [3.63, 3.8) is 0 Å². The first-order valence-corrected chi connectivity index (χ1v) is 10.9. The van der Waals surface area contributed by atoms with Crippen LogP contribution in [0.4, 0.5) is 5.13 Å². The van der Waals surface area contributed by atoms with Crippen LogP contribution in [0.3, 0.4) is 0 Å². The highest BCUT2D eigenvalue weighted by Gasteiger charge is 2.27. The van der Waals surface area contributed by atoms with Crippen LogP contribution in [0.15, 0.2) is 0 Å². The van der Waals surface area contributed by atoms with Crippen LogP contribution >= 0.6 is 22.9 Å². The Kier molecular flexibility index (Phi) is 4.95. The van der Waals surface area contributed by atoms with Gasteiger partial charge in [0, 0.05) is 24.4 Å². The zero-order valence-corrected chi connectivity index (χ0v) is 15.7. The van der Waals surface area contributed by atoms with Crippen molar-refractivity contribution in [2.45, 2.75) is 32.7 Å². The highest BCUT2D eigenvalue weighted by atomic mass is 32.2. The molecule has 0 bridgehead atoms. The van der Waals surface area contributed by atoms with Crippen LogP contribution in [0.25, 0.3) is 0 Å². The SMILES string of the molecule is CCCc1nnsc1C(=O)Nc1nc2c(s1)CN(S(C)(=O)=O)CC2. The Bertz CT molecular complexity index is 858. The van der Waals surface area contributed by atoms with Crippen molar-refractivity contribution in [1.29, 1.82) is 0 Å². The van der Waals surface area contributed by atoms with Crippen molar-refractivity contribution >= 4 is 43.9 Å². The van der Waals surface area contributed by atoms with E-state index < -0.39 is 10.0 Å². The van der Waals surface area contributed by atoms with Gasteiger partial charge in [-0.05, 0) is 18.0 Å². The van der Waals surface area contributed by atoms with Gasteiger partial charge in [-0.2, -0.15) is 4.31 Å². The number of carbonyl (C=O) groups excluding carboxylic acids is 1. The number of fused-ring (bicyclic) bond motifs is 1. The number of sulfonamides is 1. The maximum Gasteiger partial charge on any atom is 0.271 e. The summed E-state index contributed by atoms with van der Waals surface area (Å²) in [7, 11) is -3.22. The average Bonchev–Trinajstić information content (AvgIpc) is 3.11. The predicted molar refractivity (Wildman–Crippen MR) is 92.9 cm³/mol. The molecule has 0 aromatic carbocycles. The Morgan fingerprint density at radius 1 is 1.42 bits per heavy atom. The van der Waals surface area contributed by atoms with Crippen LogP contribution in [-0.2, 0) is 29.4 Å². The number of nitrogens with one attached hydrogen (secondary N) is 1. The van der Waals surface area contributed by atoms with Crippen LogP contribution in [0.5, 0.6) is 0 Å². The summed E-state index contributed by atoms with van der Waals surface area (Å²) in [5.74, 6) is -0.264. The fourth-order valence-corrected chi connectivity index (χ4v) is 4.93. The third kappa shape index (κ3) is 3.63. The summed E-state index contributed by atoms with van der Waals surface area (Å²) in [5, 5.41) is 7.26. The molecule has 0 saturated carbocycles. The Labute approximate surface area is 148 Å². The zero-order valence-electron chi connectivity index (χ0n) is 13.3. The van der Waals surface area contributed by atoms with Crippen molar-refractivity contribution in [2.24, 2.45) is 0 Å². The zero-order chi connectivity index (χ0) is 17.3. The molecule has 0 unspecified atom stereocenters. The molecule has 2 aromatic heterocycles. The second-order valence-electron chi connectivity index (χ2n) is 5.49. The van der Waals surface area contributed by atoms with E-state index in [1.807, 2.05) is 6.92 Å². The number of anilines is 1. The number of aryl methyl sites for hydroxylation is 1. The fourth-order valence-electron chi connectivity index (χ4n) is 2.44. The average molecular weight is 388 g/mol. The van der Waals surface area contributed by atoms with E-state index in [-0.39, 0.29) is 5.91 Å². The lowest BCUT2D eigenvalue weighted by Crippen LogP contribution is -2.34. The predicted octanol–water partition coefficient (Wildman–Crippen LogP) is 1.52. The molecule has 0 aliphatic carbocycles. The largest absolute Gasteiger partial charge is 0.297 e. The number of aromatic nitrogens is 3. The first kappa shape index (κ1) is 17.4. The fraction of sp³-hybridized carbons (Fsp3) is 0.538. The van der Waals surface area contributed by atoms with Gasteiger partial charge < -0.3 is 0 Å². The Morgan fingerprint density at radius 3 is 2.92 bits per heavy atom. The Morgan fingerprint density at radius 2 is 2.21 bits per heavy atom. The van der Waals surface area contributed by atoms with Crippen molar-refractivity contribution < 1.29 is 13.2 Å². The summed E-state index contributed by atoms with van der Waals surface area (Å²) >= 11 is 2.39. The third-order valence-electron chi connectivity index (χ3n) is 3.63. The molecule has 24 heavy (non-hydrogen) atoms. The van der Waals surface area contributed by atoms with E-state index in [1.165, 1.54) is 21.9 Å². The number of nitrogens with zero attached hydrogens (tertiary/aromatic N) is 4. The van der Waals surface area contributed by atoms with E-state index in [4.69, 9.17) is 0 Å². The summed E-state index contributed by atoms with van der Waals surface area (Å²) in [6.45, 7) is 2.75. The molecule has 1 N–H and O–H groups in total. The minimum Gasteiger partial charge on any atom is -0.297 e. The lowest BCUT2D eigenvalue weighted by atomic mass is 10.2. The van der Waals surface area contributed by atoms with E-state index in [2.05, 4.69) is 19.9 Å². The van der Waals surface area contributed by atoms with Crippen molar-refractivity contribution in [3.05, 3.63) is 21.1 Å². The number of carbonyl (C=O) groups is 1. The van der Waals surface area contributed by atoms with Gasteiger partial charge in [0.05, 0.1) is 17.6 Å². The van der Waals surface area contributed by atoms with E-state index >= 15 is 0 Å². The minimum absolute atomic E-state index is 0.264. The topological polar surface area (TPSA) is 105 Å². The van der Waals surface area contributed by atoms with E-state index in [0.29, 0.717) is 41.6 Å². The summed E-state index contributed by atoms with van der Waals surface area (Å²) in [5.41, 5.74) is 1.55. The van der Waals surface area contributed by atoms with E-state index in [9.17, 15) is 13.2 Å². The van der Waals surface area contributed by atoms with E-state index in [0.717, 1.165) is 28.5 Å². The van der Waals surface area contributed by atoms with Gasteiger partial charge in [-0.15, -0.1) is 16.4 Å². The summed E-state index contributed by atoms with van der Waals surface area (Å²) in [6, 6.07) is 0. The lowest BCUT2D eigenvalue weighted by molar-refractivity contribution is 0.102. The van der Waals surface area contributed by atoms with Crippen LogP contribution < -0.4 is 5.32 Å². The van der Waals surface area contributed by atoms with Crippen LogP contribution in [0, 0.1) is 0 Å². The lowest BCUT2D eigenvalue weighted by Gasteiger charge is -2.23.